The van der Waals surface area contributed by atoms with Crippen molar-refractivity contribution in [3.05, 3.63) is 89.5 Å². The summed E-state index contributed by atoms with van der Waals surface area (Å²) in [6, 6.07) is 22.3. The van der Waals surface area contributed by atoms with Gasteiger partial charge in [-0.05, 0) is 41.8 Å². The monoisotopic (exact) mass is 402 g/mol. The quantitative estimate of drug-likeness (QED) is 0.628. The second-order valence-corrected chi connectivity index (χ2v) is 6.95. The van der Waals surface area contributed by atoms with Crippen LogP contribution >= 0.6 is 0 Å². The van der Waals surface area contributed by atoms with Crippen molar-refractivity contribution in [3.63, 3.8) is 0 Å². The number of nitrogens with one attached hydrogen (secondary N) is 2. The molecular weight excluding hydrogens is 380 g/mol. The molecule has 0 atom stereocenters. The van der Waals surface area contributed by atoms with Gasteiger partial charge in [-0.2, -0.15) is 0 Å². The minimum Gasteiger partial charge on any atom is -0.454 e. The minimum atomic E-state index is -0.231. The third kappa shape index (κ3) is 4.78. The number of hydrogen-bond acceptors (Lipinski definition) is 4. The molecule has 2 N–H and O–H groups in total. The Morgan fingerprint density at radius 2 is 1.60 bits per heavy atom. The number of rotatable bonds is 7. The van der Waals surface area contributed by atoms with Crippen LogP contribution in [0.3, 0.4) is 0 Å². The van der Waals surface area contributed by atoms with Crippen LogP contribution in [0.1, 0.15) is 27.9 Å². The summed E-state index contributed by atoms with van der Waals surface area (Å²) in [4.78, 5) is 25.1. The highest BCUT2D eigenvalue weighted by molar-refractivity contribution is 6.03. The van der Waals surface area contributed by atoms with E-state index in [9.17, 15) is 9.59 Å². The maximum absolute atomic E-state index is 12.6. The van der Waals surface area contributed by atoms with Gasteiger partial charge in [-0.15, -0.1) is 0 Å². The topological polar surface area (TPSA) is 76.7 Å². The normalized spacial score (nSPS) is 11.7. The van der Waals surface area contributed by atoms with Crippen LogP contribution in [-0.4, -0.2) is 18.6 Å². The standard InChI is InChI=1S/C24H22N2O4/c27-23(13-11-17-10-12-21-22(14-17)30-16-29-21)26-20-9-5-4-8-19(20)24(28)25-15-18-6-2-1-3-7-18/h1-10,12,14H,11,13,15-16H2,(H,25,28)(H,26,27). The first-order valence-corrected chi connectivity index (χ1v) is 9.78. The van der Waals surface area contributed by atoms with Crippen LogP contribution in [0.25, 0.3) is 0 Å². The molecule has 0 aliphatic carbocycles. The number of para-hydroxylation sites is 1. The molecule has 1 aliphatic rings. The molecule has 4 rings (SSSR count). The van der Waals surface area contributed by atoms with Crippen molar-refractivity contribution in [1.82, 2.24) is 5.32 Å². The molecule has 1 aliphatic heterocycles. The molecule has 152 valence electrons. The van der Waals surface area contributed by atoms with Crippen molar-refractivity contribution in [3.8, 4) is 11.5 Å². The Kier molecular flexibility index (Phi) is 5.94. The van der Waals surface area contributed by atoms with Crippen molar-refractivity contribution in [1.29, 1.82) is 0 Å². The van der Waals surface area contributed by atoms with E-state index in [1.165, 1.54) is 0 Å². The van der Waals surface area contributed by atoms with Crippen molar-refractivity contribution in [2.75, 3.05) is 12.1 Å². The number of benzene rings is 3. The van der Waals surface area contributed by atoms with E-state index in [0.717, 1.165) is 16.9 Å². The lowest BCUT2D eigenvalue weighted by atomic mass is 10.1. The molecule has 0 unspecified atom stereocenters. The number of amides is 2. The average molecular weight is 402 g/mol. The van der Waals surface area contributed by atoms with Gasteiger partial charge in [0.2, 0.25) is 12.7 Å². The largest absolute Gasteiger partial charge is 0.454 e. The lowest BCUT2D eigenvalue weighted by Gasteiger charge is -2.12. The van der Waals surface area contributed by atoms with Gasteiger partial charge < -0.3 is 20.1 Å². The molecule has 0 bridgehead atoms. The zero-order valence-electron chi connectivity index (χ0n) is 16.4. The van der Waals surface area contributed by atoms with Gasteiger partial charge in [0.05, 0.1) is 11.3 Å². The Morgan fingerprint density at radius 3 is 2.47 bits per heavy atom. The van der Waals surface area contributed by atoms with Crippen LogP contribution in [0, 0.1) is 0 Å². The summed E-state index contributed by atoms with van der Waals surface area (Å²) in [5.41, 5.74) is 2.93. The molecule has 2 amide bonds. The van der Waals surface area contributed by atoms with Gasteiger partial charge in [-0.25, -0.2) is 0 Å². The van der Waals surface area contributed by atoms with E-state index in [1.54, 1.807) is 24.3 Å². The summed E-state index contributed by atoms with van der Waals surface area (Å²) in [7, 11) is 0. The zero-order valence-corrected chi connectivity index (χ0v) is 16.4. The highest BCUT2D eigenvalue weighted by Gasteiger charge is 2.15. The van der Waals surface area contributed by atoms with Crippen molar-refractivity contribution >= 4 is 17.5 Å². The van der Waals surface area contributed by atoms with Gasteiger partial charge in [0, 0.05) is 13.0 Å². The Bertz CT molecular complexity index is 1050. The van der Waals surface area contributed by atoms with Crippen molar-refractivity contribution in [2.45, 2.75) is 19.4 Å². The summed E-state index contributed by atoms with van der Waals surface area (Å²) >= 11 is 0. The molecule has 1 heterocycles. The molecule has 0 aromatic heterocycles. The average Bonchev–Trinajstić information content (AvgIpc) is 3.25. The highest BCUT2D eigenvalue weighted by atomic mass is 16.7. The molecule has 30 heavy (non-hydrogen) atoms. The first kappa shape index (κ1) is 19.5. The van der Waals surface area contributed by atoms with E-state index in [2.05, 4.69) is 10.6 Å². The van der Waals surface area contributed by atoms with Crippen LogP contribution < -0.4 is 20.1 Å². The second-order valence-electron chi connectivity index (χ2n) is 6.95. The lowest BCUT2D eigenvalue weighted by molar-refractivity contribution is -0.116. The number of carbonyl (C=O) groups is 2. The Morgan fingerprint density at radius 1 is 0.833 bits per heavy atom. The number of anilines is 1. The molecule has 3 aromatic rings. The smallest absolute Gasteiger partial charge is 0.253 e. The first-order chi connectivity index (χ1) is 14.7. The third-order valence-corrected chi connectivity index (χ3v) is 4.82. The van der Waals surface area contributed by atoms with Gasteiger partial charge in [0.25, 0.3) is 5.91 Å². The highest BCUT2D eigenvalue weighted by Crippen LogP contribution is 2.32. The van der Waals surface area contributed by atoms with Gasteiger partial charge in [0.1, 0.15) is 0 Å². The molecule has 0 fully saturated rings. The Labute approximate surface area is 174 Å². The van der Waals surface area contributed by atoms with Crippen LogP contribution in [-0.2, 0) is 17.8 Å². The van der Waals surface area contributed by atoms with Gasteiger partial charge >= 0.3 is 0 Å². The fourth-order valence-electron chi connectivity index (χ4n) is 3.23. The number of ether oxygens (including phenoxy) is 2. The molecule has 0 saturated carbocycles. The first-order valence-electron chi connectivity index (χ1n) is 9.78. The van der Waals surface area contributed by atoms with Crippen molar-refractivity contribution in [2.24, 2.45) is 0 Å². The number of aryl methyl sites for hydroxylation is 1. The van der Waals surface area contributed by atoms with Gasteiger partial charge in [0.15, 0.2) is 11.5 Å². The van der Waals surface area contributed by atoms with Crippen molar-refractivity contribution < 1.29 is 19.1 Å². The fraction of sp³-hybridized carbons (Fsp3) is 0.167. The minimum absolute atomic E-state index is 0.157. The van der Waals surface area contributed by atoms with Gasteiger partial charge in [-0.3, -0.25) is 9.59 Å². The van der Waals surface area contributed by atoms with E-state index in [-0.39, 0.29) is 18.6 Å². The number of carbonyl (C=O) groups excluding carboxylic acids is 2. The Balaban J connectivity index is 1.35. The van der Waals surface area contributed by atoms with E-state index in [1.807, 2.05) is 48.5 Å². The molecule has 0 spiro atoms. The van der Waals surface area contributed by atoms with E-state index >= 15 is 0 Å². The van der Waals surface area contributed by atoms with Crippen LogP contribution in [0.2, 0.25) is 0 Å². The Hall–Kier alpha value is -3.80. The second kappa shape index (κ2) is 9.13. The van der Waals surface area contributed by atoms with E-state index < -0.39 is 0 Å². The summed E-state index contributed by atoms with van der Waals surface area (Å²) < 4.78 is 10.7. The fourth-order valence-corrected chi connectivity index (χ4v) is 3.23. The number of hydrogen-bond donors (Lipinski definition) is 2. The van der Waals surface area contributed by atoms with E-state index in [4.69, 9.17) is 9.47 Å². The van der Waals surface area contributed by atoms with Crippen LogP contribution in [0.15, 0.2) is 72.8 Å². The molecule has 3 aromatic carbocycles. The summed E-state index contributed by atoms with van der Waals surface area (Å²) in [5.74, 6) is 1.04. The van der Waals surface area contributed by atoms with Gasteiger partial charge in [-0.1, -0.05) is 48.5 Å². The van der Waals surface area contributed by atoms with Crippen LogP contribution in [0.5, 0.6) is 11.5 Å². The molecule has 6 nitrogen and oxygen atoms in total. The molecule has 0 radical (unpaired) electrons. The summed E-state index contributed by atoms with van der Waals surface area (Å²) in [6.45, 7) is 0.647. The SMILES string of the molecule is O=C(CCc1ccc2c(c1)OCO2)Nc1ccccc1C(=O)NCc1ccccc1. The predicted molar refractivity (Wildman–Crippen MR) is 114 cm³/mol. The maximum atomic E-state index is 12.6. The maximum Gasteiger partial charge on any atom is 0.253 e. The summed E-state index contributed by atoms with van der Waals surface area (Å²) in [6.07, 6.45) is 0.852. The number of fused-ring (bicyclic) bond motifs is 1. The van der Waals surface area contributed by atoms with E-state index in [0.29, 0.717) is 36.4 Å². The molecule has 6 heteroatoms. The predicted octanol–water partition coefficient (Wildman–Crippen LogP) is 3.92. The zero-order chi connectivity index (χ0) is 20.8. The molecule has 0 saturated heterocycles. The molecular formula is C24H22N2O4. The summed E-state index contributed by atoms with van der Waals surface area (Å²) in [5, 5.41) is 5.75. The lowest BCUT2D eigenvalue weighted by Crippen LogP contribution is -2.24. The van der Waals surface area contributed by atoms with Crippen LogP contribution in [0.4, 0.5) is 5.69 Å². The third-order valence-electron chi connectivity index (χ3n) is 4.82.